The number of carbonyl (C=O) groups is 1. The van der Waals surface area contributed by atoms with E-state index >= 15 is 0 Å². The van der Waals surface area contributed by atoms with E-state index in [1.165, 1.54) is 0 Å². The summed E-state index contributed by atoms with van der Waals surface area (Å²) < 4.78 is 0. The first-order chi connectivity index (χ1) is 11.3. The van der Waals surface area contributed by atoms with Crippen LogP contribution in [0, 0.1) is 11.8 Å². The molecule has 2 unspecified atom stereocenters. The number of piperidine rings is 1. The molecule has 0 N–H and O–H groups in total. The van der Waals surface area contributed by atoms with Gasteiger partial charge in [-0.05, 0) is 24.0 Å². The predicted octanol–water partition coefficient (Wildman–Crippen LogP) is 1.36. The summed E-state index contributed by atoms with van der Waals surface area (Å²) in [5, 5.41) is 0. The highest BCUT2D eigenvalue weighted by Crippen LogP contribution is 2.34. The molecule has 4 heterocycles. The summed E-state index contributed by atoms with van der Waals surface area (Å²) in [4.78, 5) is 29.6. The molecule has 2 aliphatic rings. The summed E-state index contributed by atoms with van der Waals surface area (Å²) in [5.74, 6) is 1.63. The average Bonchev–Trinajstić information content (AvgIpc) is 3.04. The third-order valence-electron chi connectivity index (χ3n) is 4.81. The minimum atomic E-state index is 0.0717. The summed E-state index contributed by atoms with van der Waals surface area (Å²) >= 11 is 0. The van der Waals surface area contributed by atoms with Crippen LogP contribution >= 0.6 is 0 Å². The maximum absolute atomic E-state index is 12.8. The lowest BCUT2D eigenvalue weighted by Crippen LogP contribution is -2.44. The molecule has 0 saturated carbocycles. The Hall–Kier alpha value is -2.50. The van der Waals surface area contributed by atoms with E-state index in [-0.39, 0.29) is 11.8 Å². The molecule has 6 nitrogen and oxygen atoms in total. The SMILES string of the molecule is O=C1C2CN(c3cnccn3)CC2CCN1Cc1cccnc1. The normalized spacial score (nSPS) is 23.9. The standard InChI is InChI=1S/C17H19N5O/c23-17-15-12-22(16-9-19-5-6-20-16)11-14(15)3-7-21(17)10-13-2-1-4-18-8-13/h1-2,4-6,8-9,14-15H,3,7,10-12H2. The van der Waals surface area contributed by atoms with Crippen LogP contribution in [0.2, 0.25) is 0 Å². The molecule has 0 bridgehead atoms. The zero-order valence-corrected chi connectivity index (χ0v) is 12.9. The van der Waals surface area contributed by atoms with Crippen LogP contribution in [0.3, 0.4) is 0 Å². The van der Waals surface area contributed by atoms with Gasteiger partial charge in [0.15, 0.2) is 0 Å². The molecule has 2 aliphatic heterocycles. The number of carbonyl (C=O) groups excluding carboxylic acids is 1. The number of likely N-dealkylation sites (tertiary alicyclic amines) is 1. The molecule has 0 radical (unpaired) electrons. The minimum absolute atomic E-state index is 0.0717. The number of hydrogen-bond acceptors (Lipinski definition) is 5. The molecule has 118 valence electrons. The number of nitrogens with zero attached hydrogens (tertiary/aromatic N) is 5. The van der Waals surface area contributed by atoms with Crippen molar-refractivity contribution in [1.82, 2.24) is 19.9 Å². The zero-order chi connectivity index (χ0) is 15.6. The Bertz CT molecular complexity index is 678. The van der Waals surface area contributed by atoms with Gasteiger partial charge in [-0.15, -0.1) is 0 Å². The van der Waals surface area contributed by atoms with Crippen LogP contribution in [-0.4, -0.2) is 45.4 Å². The summed E-state index contributed by atoms with van der Waals surface area (Å²) in [5.41, 5.74) is 1.09. The van der Waals surface area contributed by atoms with Crippen LogP contribution in [0.1, 0.15) is 12.0 Å². The molecule has 2 aromatic heterocycles. The van der Waals surface area contributed by atoms with Crippen molar-refractivity contribution in [2.24, 2.45) is 11.8 Å². The summed E-state index contributed by atoms with van der Waals surface area (Å²) in [6.07, 6.45) is 9.79. The largest absolute Gasteiger partial charge is 0.354 e. The Kier molecular flexibility index (Phi) is 3.65. The number of hydrogen-bond donors (Lipinski definition) is 0. The van der Waals surface area contributed by atoms with Gasteiger partial charge in [0.1, 0.15) is 5.82 Å². The Labute approximate surface area is 135 Å². The lowest BCUT2D eigenvalue weighted by atomic mass is 9.88. The van der Waals surface area contributed by atoms with Crippen molar-refractivity contribution in [2.45, 2.75) is 13.0 Å². The quantitative estimate of drug-likeness (QED) is 0.856. The fourth-order valence-electron chi connectivity index (χ4n) is 3.62. The molecule has 6 heteroatoms. The van der Waals surface area contributed by atoms with Gasteiger partial charge in [-0.25, -0.2) is 4.98 Å². The number of pyridine rings is 1. The van der Waals surface area contributed by atoms with Crippen LogP contribution in [0.25, 0.3) is 0 Å². The molecule has 4 rings (SSSR count). The second kappa shape index (κ2) is 5.95. The van der Waals surface area contributed by atoms with Crippen molar-refractivity contribution >= 4 is 11.7 Å². The molecule has 0 aliphatic carbocycles. The highest BCUT2D eigenvalue weighted by Gasteiger charge is 2.43. The van der Waals surface area contributed by atoms with Crippen LogP contribution in [0.15, 0.2) is 43.1 Å². The van der Waals surface area contributed by atoms with Gasteiger partial charge in [0.2, 0.25) is 5.91 Å². The first-order valence-electron chi connectivity index (χ1n) is 8.00. The number of amides is 1. The fourth-order valence-corrected chi connectivity index (χ4v) is 3.62. The van der Waals surface area contributed by atoms with Crippen molar-refractivity contribution in [3.63, 3.8) is 0 Å². The minimum Gasteiger partial charge on any atom is -0.354 e. The Balaban J connectivity index is 1.46. The second-order valence-corrected chi connectivity index (χ2v) is 6.24. The predicted molar refractivity (Wildman–Crippen MR) is 85.5 cm³/mol. The summed E-state index contributed by atoms with van der Waals surface area (Å²) in [6.45, 7) is 3.12. The topological polar surface area (TPSA) is 62.2 Å². The van der Waals surface area contributed by atoms with Crippen molar-refractivity contribution < 1.29 is 4.79 Å². The van der Waals surface area contributed by atoms with Crippen LogP contribution in [0.5, 0.6) is 0 Å². The maximum atomic E-state index is 12.8. The van der Waals surface area contributed by atoms with Gasteiger partial charge in [0.25, 0.3) is 0 Å². The van der Waals surface area contributed by atoms with Crippen LogP contribution in [-0.2, 0) is 11.3 Å². The third-order valence-corrected chi connectivity index (χ3v) is 4.81. The second-order valence-electron chi connectivity index (χ2n) is 6.24. The highest BCUT2D eigenvalue weighted by molar-refractivity contribution is 5.81. The van der Waals surface area contributed by atoms with Gasteiger partial charge in [0.05, 0.1) is 12.1 Å². The third kappa shape index (κ3) is 2.76. The molecule has 23 heavy (non-hydrogen) atoms. The molecule has 2 aromatic rings. The van der Waals surface area contributed by atoms with Crippen molar-refractivity contribution in [1.29, 1.82) is 0 Å². The van der Waals surface area contributed by atoms with Crippen molar-refractivity contribution in [3.05, 3.63) is 48.7 Å². The van der Waals surface area contributed by atoms with E-state index in [4.69, 9.17) is 0 Å². The molecule has 0 aromatic carbocycles. The molecule has 0 spiro atoms. The molecular formula is C17H19N5O. The van der Waals surface area contributed by atoms with Crippen LogP contribution in [0.4, 0.5) is 5.82 Å². The van der Waals surface area contributed by atoms with Gasteiger partial charge in [0, 0.05) is 51.0 Å². The maximum Gasteiger partial charge on any atom is 0.228 e. The van der Waals surface area contributed by atoms with E-state index in [9.17, 15) is 4.79 Å². The molecular weight excluding hydrogens is 290 g/mol. The van der Waals surface area contributed by atoms with E-state index < -0.39 is 0 Å². The summed E-state index contributed by atoms with van der Waals surface area (Å²) in [7, 11) is 0. The molecule has 2 atom stereocenters. The van der Waals surface area contributed by atoms with E-state index in [0.717, 1.165) is 37.4 Å². The molecule has 2 fully saturated rings. The van der Waals surface area contributed by atoms with Crippen LogP contribution < -0.4 is 4.90 Å². The fraction of sp³-hybridized carbons (Fsp3) is 0.412. The number of fused-ring (bicyclic) bond motifs is 1. The van der Waals surface area contributed by atoms with E-state index in [1.807, 2.05) is 23.2 Å². The van der Waals surface area contributed by atoms with Gasteiger partial charge < -0.3 is 9.80 Å². The lowest BCUT2D eigenvalue weighted by molar-refractivity contribution is -0.140. The van der Waals surface area contributed by atoms with E-state index in [1.54, 1.807) is 24.8 Å². The first kappa shape index (κ1) is 14.1. The Morgan fingerprint density at radius 1 is 1.13 bits per heavy atom. The summed E-state index contributed by atoms with van der Waals surface area (Å²) in [6, 6.07) is 3.94. The van der Waals surface area contributed by atoms with Gasteiger partial charge in [-0.1, -0.05) is 6.07 Å². The van der Waals surface area contributed by atoms with Gasteiger partial charge >= 0.3 is 0 Å². The molecule has 1 amide bonds. The smallest absolute Gasteiger partial charge is 0.228 e. The number of aromatic nitrogens is 3. The monoisotopic (exact) mass is 309 g/mol. The van der Waals surface area contributed by atoms with E-state index in [2.05, 4.69) is 19.9 Å². The first-order valence-corrected chi connectivity index (χ1v) is 8.00. The lowest BCUT2D eigenvalue weighted by Gasteiger charge is -2.33. The Morgan fingerprint density at radius 2 is 2.04 bits per heavy atom. The van der Waals surface area contributed by atoms with Crippen molar-refractivity contribution in [2.75, 3.05) is 24.5 Å². The Morgan fingerprint density at radius 3 is 2.83 bits per heavy atom. The zero-order valence-electron chi connectivity index (χ0n) is 12.9. The number of anilines is 1. The molecule has 2 saturated heterocycles. The average molecular weight is 309 g/mol. The van der Waals surface area contributed by atoms with E-state index in [0.29, 0.717) is 12.5 Å². The van der Waals surface area contributed by atoms with Gasteiger partial charge in [-0.3, -0.25) is 14.8 Å². The van der Waals surface area contributed by atoms with Gasteiger partial charge in [-0.2, -0.15) is 0 Å². The highest BCUT2D eigenvalue weighted by atomic mass is 16.2. The van der Waals surface area contributed by atoms with Crippen molar-refractivity contribution in [3.8, 4) is 0 Å². The number of rotatable bonds is 3.